The summed E-state index contributed by atoms with van der Waals surface area (Å²) in [6.45, 7) is 5.83. The fraction of sp³-hybridized carbons (Fsp3) is 0.538. The average Bonchev–Trinajstić information content (AvgIpc) is 2.30. The molecule has 1 aromatic carbocycles. The Morgan fingerprint density at radius 1 is 1.38 bits per heavy atom. The monoisotopic (exact) mass is 221 g/mol. The Kier molecular flexibility index (Phi) is 3.46. The minimum atomic E-state index is -0.0313. The molecular formula is C13H19NO2. The number of rotatable bonds is 2. The molecule has 3 nitrogen and oxygen atoms in total. The summed E-state index contributed by atoms with van der Waals surface area (Å²) in [4.78, 5) is 0. The minimum absolute atomic E-state index is 0.0313. The van der Waals surface area contributed by atoms with Crippen LogP contribution in [0, 0.1) is 5.92 Å². The van der Waals surface area contributed by atoms with Gasteiger partial charge in [-0.05, 0) is 12.0 Å². The van der Waals surface area contributed by atoms with Gasteiger partial charge in [-0.1, -0.05) is 32.0 Å². The third kappa shape index (κ3) is 2.36. The second-order valence-corrected chi connectivity index (χ2v) is 4.64. The van der Waals surface area contributed by atoms with Crippen LogP contribution in [0.15, 0.2) is 24.3 Å². The number of nitrogens with one attached hydrogen (secondary N) is 1. The molecule has 88 valence electrons. The first-order chi connectivity index (χ1) is 7.68. The van der Waals surface area contributed by atoms with Crippen LogP contribution in [0.2, 0.25) is 0 Å². The Balaban J connectivity index is 2.02. The van der Waals surface area contributed by atoms with Gasteiger partial charge in [0.2, 0.25) is 0 Å². The molecule has 0 radical (unpaired) electrons. The molecule has 3 heteroatoms. The van der Waals surface area contributed by atoms with Crippen LogP contribution in [0.4, 0.5) is 0 Å². The zero-order chi connectivity index (χ0) is 11.5. The molecule has 0 aromatic heterocycles. The van der Waals surface area contributed by atoms with Crippen LogP contribution in [-0.4, -0.2) is 24.3 Å². The fourth-order valence-corrected chi connectivity index (χ4v) is 1.98. The van der Waals surface area contributed by atoms with Gasteiger partial charge < -0.3 is 15.2 Å². The number of aromatic hydroxyl groups is 1. The quantitative estimate of drug-likeness (QED) is 0.803. The van der Waals surface area contributed by atoms with Gasteiger partial charge in [-0.2, -0.15) is 0 Å². The van der Waals surface area contributed by atoms with E-state index in [-0.39, 0.29) is 6.10 Å². The predicted octanol–water partition coefficient (Wildman–Crippen LogP) is 2.08. The molecule has 0 saturated carbocycles. The van der Waals surface area contributed by atoms with E-state index < -0.39 is 0 Å². The van der Waals surface area contributed by atoms with Crippen LogP contribution in [-0.2, 0) is 4.74 Å². The summed E-state index contributed by atoms with van der Waals surface area (Å²) in [5, 5.41) is 13.2. The van der Waals surface area contributed by atoms with E-state index in [2.05, 4.69) is 19.2 Å². The lowest BCUT2D eigenvalue weighted by molar-refractivity contribution is -0.00815. The number of ether oxygens (including phenoxy) is 1. The highest BCUT2D eigenvalue weighted by Crippen LogP contribution is 2.28. The van der Waals surface area contributed by atoms with Crippen molar-refractivity contribution in [3.63, 3.8) is 0 Å². The highest BCUT2D eigenvalue weighted by atomic mass is 16.5. The molecule has 0 aliphatic carbocycles. The summed E-state index contributed by atoms with van der Waals surface area (Å²) in [5.74, 6) is 0.891. The largest absolute Gasteiger partial charge is 0.508 e. The van der Waals surface area contributed by atoms with E-state index >= 15 is 0 Å². The summed E-state index contributed by atoms with van der Waals surface area (Å²) >= 11 is 0. The van der Waals surface area contributed by atoms with Crippen LogP contribution in [0.1, 0.15) is 25.5 Å². The van der Waals surface area contributed by atoms with Gasteiger partial charge in [-0.3, -0.25) is 0 Å². The van der Waals surface area contributed by atoms with Gasteiger partial charge in [0.25, 0.3) is 0 Å². The first-order valence-electron chi connectivity index (χ1n) is 5.81. The van der Waals surface area contributed by atoms with Crippen molar-refractivity contribution < 1.29 is 9.84 Å². The Bertz CT molecular complexity index is 344. The fourth-order valence-electron chi connectivity index (χ4n) is 1.98. The van der Waals surface area contributed by atoms with Gasteiger partial charge in [0.1, 0.15) is 5.75 Å². The van der Waals surface area contributed by atoms with Crippen molar-refractivity contribution in [1.82, 2.24) is 5.32 Å². The van der Waals surface area contributed by atoms with E-state index in [0.717, 1.165) is 12.1 Å². The van der Waals surface area contributed by atoms with Gasteiger partial charge in [-0.15, -0.1) is 0 Å². The highest BCUT2D eigenvalue weighted by Gasteiger charge is 2.25. The maximum atomic E-state index is 9.73. The maximum absolute atomic E-state index is 9.73. The summed E-state index contributed by atoms with van der Waals surface area (Å²) in [6.07, 6.45) is -0.0313. The number of hydrogen-bond acceptors (Lipinski definition) is 3. The number of benzene rings is 1. The van der Waals surface area contributed by atoms with E-state index in [9.17, 15) is 5.11 Å². The normalized spacial score (nSPS) is 25.9. The summed E-state index contributed by atoms with van der Waals surface area (Å²) in [6, 6.07) is 7.78. The molecule has 1 aliphatic heterocycles. The van der Waals surface area contributed by atoms with Crippen LogP contribution in [0.3, 0.4) is 0 Å². The molecule has 2 unspecified atom stereocenters. The van der Waals surface area contributed by atoms with Crippen LogP contribution in [0.25, 0.3) is 0 Å². The number of para-hydroxylation sites is 1. The molecule has 1 heterocycles. The summed E-state index contributed by atoms with van der Waals surface area (Å²) in [7, 11) is 0. The molecule has 16 heavy (non-hydrogen) atoms. The number of phenolic OH excluding ortho intramolecular Hbond substituents is 1. The molecule has 0 spiro atoms. The third-order valence-corrected chi connectivity index (χ3v) is 3.13. The van der Waals surface area contributed by atoms with Gasteiger partial charge >= 0.3 is 0 Å². The lowest BCUT2D eigenvalue weighted by Gasteiger charge is -2.32. The molecular weight excluding hydrogens is 202 g/mol. The first-order valence-corrected chi connectivity index (χ1v) is 5.81. The van der Waals surface area contributed by atoms with E-state index in [1.165, 1.54) is 0 Å². The zero-order valence-electron chi connectivity index (χ0n) is 9.81. The van der Waals surface area contributed by atoms with Crippen molar-refractivity contribution in [2.45, 2.75) is 26.0 Å². The maximum Gasteiger partial charge on any atom is 0.121 e. The lowest BCUT2D eigenvalue weighted by Crippen LogP contribution is -2.45. The zero-order valence-corrected chi connectivity index (χ0v) is 9.81. The molecule has 1 fully saturated rings. The van der Waals surface area contributed by atoms with Crippen molar-refractivity contribution in [2.24, 2.45) is 5.92 Å². The standard InChI is InChI=1S/C13H19NO2/c1-9(2)11-8-16-13(7-14-11)10-5-3-4-6-12(10)15/h3-6,9,11,13-15H,7-8H2,1-2H3. The molecule has 1 aromatic rings. The van der Waals surface area contributed by atoms with Gasteiger partial charge in [0, 0.05) is 18.2 Å². The van der Waals surface area contributed by atoms with E-state index in [0.29, 0.717) is 24.3 Å². The second-order valence-electron chi connectivity index (χ2n) is 4.64. The Morgan fingerprint density at radius 2 is 2.12 bits per heavy atom. The Hall–Kier alpha value is -1.06. The molecule has 2 N–H and O–H groups in total. The van der Waals surface area contributed by atoms with E-state index in [4.69, 9.17) is 4.74 Å². The molecule has 2 atom stereocenters. The van der Waals surface area contributed by atoms with Crippen molar-refractivity contribution in [2.75, 3.05) is 13.2 Å². The average molecular weight is 221 g/mol. The molecule has 2 rings (SSSR count). The van der Waals surface area contributed by atoms with Gasteiger partial charge in [-0.25, -0.2) is 0 Å². The number of hydrogen-bond donors (Lipinski definition) is 2. The Morgan fingerprint density at radius 3 is 2.69 bits per heavy atom. The van der Waals surface area contributed by atoms with Crippen molar-refractivity contribution in [3.05, 3.63) is 29.8 Å². The lowest BCUT2D eigenvalue weighted by atomic mass is 10.0. The predicted molar refractivity (Wildman–Crippen MR) is 63.4 cm³/mol. The number of phenols is 1. The Labute approximate surface area is 96.4 Å². The van der Waals surface area contributed by atoms with Crippen molar-refractivity contribution >= 4 is 0 Å². The highest BCUT2D eigenvalue weighted by molar-refractivity contribution is 5.34. The van der Waals surface area contributed by atoms with Crippen LogP contribution in [0.5, 0.6) is 5.75 Å². The van der Waals surface area contributed by atoms with Crippen LogP contribution >= 0.6 is 0 Å². The SMILES string of the molecule is CC(C)C1COC(c2ccccc2O)CN1. The third-order valence-electron chi connectivity index (χ3n) is 3.13. The van der Waals surface area contributed by atoms with Crippen molar-refractivity contribution in [3.8, 4) is 5.75 Å². The minimum Gasteiger partial charge on any atom is -0.508 e. The molecule has 1 aliphatic rings. The smallest absolute Gasteiger partial charge is 0.121 e. The van der Waals surface area contributed by atoms with Gasteiger partial charge in [0.15, 0.2) is 0 Å². The van der Waals surface area contributed by atoms with Gasteiger partial charge in [0.05, 0.1) is 12.7 Å². The molecule has 0 amide bonds. The van der Waals surface area contributed by atoms with Crippen molar-refractivity contribution in [1.29, 1.82) is 0 Å². The van der Waals surface area contributed by atoms with Crippen LogP contribution < -0.4 is 5.32 Å². The second kappa shape index (κ2) is 4.85. The number of morpholine rings is 1. The van der Waals surface area contributed by atoms with E-state index in [1.54, 1.807) is 6.07 Å². The summed E-state index contributed by atoms with van der Waals surface area (Å²) in [5.41, 5.74) is 0.872. The van der Waals surface area contributed by atoms with E-state index in [1.807, 2.05) is 18.2 Å². The first kappa shape index (κ1) is 11.4. The molecule has 1 saturated heterocycles. The topological polar surface area (TPSA) is 41.5 Å². The summed E-state index contributed by atoms with van der Waals surface area (Å²) < 4.78 is 5.80. The molecule has 0 bridgehead atoms.